The highest BCUT2D eigenvalue weighted by Crippen LogP contribution is 2.49. The van der Waals surface area contributed by atoms with E-state index in [4.69, 9.17) is 4.52 Å². The second-order valence-corrected chi connectivity index (χ2v) is 8.11. The number of hydrogen-bond acceptors (Lipinski definition) is 8. The zero-order valence-electron chi connectivity index (χ0n) is 15.2. The lowest BCUT2D eigenvalue weighted by molar-refractivity contribution is 0.175. The lowest BCUT2D eigenvalue weighted by atomic mass is 10.1. The number of rotatable bonds is 5. The fourth-order valence-electron chi connectivity index (χ4n) is 4.07. The van der Waals surface area contributed by atoms with Gasteiger partial charge in [0, 0.05) is 24.1 Å². The molecule has 1 aromatic carbocycles. The minimum absolute atomic E-state index is 0.208. The van der Waals surface area contributed by atoms with Gasteiger partial charge in [-0.25, -0.2) is 9.37 Å². The molecule has 3 unspecified atom stereocenters. The molecule has 0 saturated carbocycles. The maximum atomic E-state index is 13.2. The number of fused-ring (bicyclic) bond motifs is 4. The summed E-state index contributed by atoms with van der Waals surface area (Å²) in [5, 5.41) is 20.5. The predicted octanol–water partition coefficient (Wildman–Crippen LogP) is 3.11. The Balaban J connectivity index is 1.42. The Morgan fingerprint density at radius 2 is 2.14 bits per heavy atom. The summed E-state index contributed by atoms with van der Waals surface area (Å²) < 4.78 is 18.7. The third-order valence-corrected chi connectivity index (χ3v) is 6.52. The van der Waals surface area contributed by atoms with Crippen LogP contribution in [0.25, 0.3) is 11.3 Å². The molecule has 3 atom stereocenters. The first-order chi connectivity index (χ1) is 13.6. The molecule has 146 valence electrons. The third kappa shape index (κ3) is 2.95. The number of hydrogen-bond donors (Lipinski definition) is 3. The highest BCUT2D eigenvalue weighted by atomic mass is 32.1. The van der Waals surface area contributed by atoms with E-state index in [1.165, 1.54) is 17.0 Å². The summed E-state index contributed by atoms with van der Waals surface area (Å²) in [6.07, 6.45) is 2.13. The SMILES string of the molecule is CNC(O)Nc1nc2c(s1)C1CCC(C2)N1c1cc(-c2ccc(F)cc2)on1. The molecule has 0 aliphatic carbocycles. The van der Waals surface area contributed by atoms with Gasteiger partial charge in [0.05, 0.1) is 16.6 Å². The van der Waals surface area contributed by atoms with Crippen molar-refractivity contribution in [3.63, 3.8) is 0 Å². The molecule has 0 radical (unpaired) electrons. The minimum Gasteiger partial charge on any atom is -0.361 e. The van der Waals surface area contributed by atoms with E-state index in [2.05, 4.69) is 25.7 Å². The molecule has 2 aliphatic heterocycles. The van der Waals surface area contributed by atoms with Gasteiger partial charge in [-0.15, -0.1) is 0 Å². The van der Waals surface area contributed by atoms with Crippen LogP contribution in [-0.4, -0.2) is 34.7 Å². The number of anilines is 2. The third-order valence-electron chi connectivity index (χ3n) is 5.39. The summed E-state index contributed by atoms with van der Waals surface area (Å²) >= 11 is 1.58. The lowest BCUT2D eigenvalue weighted by Crippen LogP contribution is -2.37. The van der Waals surface area contributed by atoms with Gasteiger partial charge in [0.25, 0.3) is 0 Å². The highest BCUT2D eigenvalue weighted by Gasteiger charge is 2.43. The molecule has 0 spiro atoms. The van der Waals surface area contributed by atoms with Crippen molar-refractivity contribution in [2.24, 2.45) is 0 Å². The summed E-state index contributed by atoms with van der Waals surface area (Å²) in [5.74, 6) is 1.16. The van der Waals surface area contributed by atoms with Crippen LogP contribution in [0.15, 0.2) is 34.9 Å². The summed E-state index contributed by atoms with van der Waals surface area (Å²) in [6, 6.07) is 8.68. The molecular weight excluding hydrogens is 381 g/mol. The van der Waals surface area contributed by atoms with Gasteiger partial charge in [0.15, 0.2) is 23.1 Å². The van der Waals surface area contributed by atoms with Gasteiger partial charge in [0.2, 0.25) is 0 Å². The molecule has 3 aromatic rings. The van der Waals surface area contributed by atoms with Crippen LogP contribution in [0, 0.1) is 5.82 Å². The second-order valence-electron chi connectivity index (χ2n) is 7.08. The van der Waals surface area contributed by atoms with Crippen LogP contribution >= 0.6 is 11.3 Å². The van der Waals surface area contributed by atoms with Crippen molar-refractivity contribution in [2.45, 2.75) is 37.7 Å². The summed E-state index contributed by atoms with van der Waals surface area (Å²) in [6.45, 7) is 0. The monoisotopic (exact) mass is 401 g/mol. The number of aromatic nitrogens is 2. The number of benzene rings is 1. The standard InChI is InChI=1S/C19H20FN5O2S/c1-21-18(26)23-19-22-13-8-12-6-7-14(17(13)28-19)25(12)16-9-15(27-24-16)10-2-4-11(20)5-3-10/h2-5,9,12,14,18,21,26H,6-8H2,1H3,(H,22,23). The Kier molecular flexibility index (Phi) is 4.30. The van der Waals surface area contributed by atoms with E-state index in [-0.39, 0.29) is 11.9 Å². The van der Waals surface area contributed by atoms with E-state index in [0.717, 1.165) is 36.3 Å². The Bertz CT molecular complexity index is 989. The number of aliphatic hydroxyl groups is 1. The molecule has 28 heavy (non-hydrogen) atoms. The van der Waals surface area contributed by atoms with E-state index in [1.54, 1.807) is 30.5 Å². The van der Waals surface area contributed by atoms with E-state index < -0.39 is 6.35 Å². The maximum Gasteiger partial charge on any atom is 0.186 e. The first-order valence-corrected chi connectivity index (χ1v) is 10.1. The Hall–Kier alpha value is -2.49. The van der Waals surface area contributed by atoms with Crippen molar-refractivity contribution in [1.29, 1.82) is 0 Å². The van der Waals surface area contributed by atoms with Crippen molar-refractivity contribution >= 4 is 22.3 Å². The summed E-state index contributed by atoms with van der Waals surface area (Å²) in [7, 11) is 1.68. The first-order valence-electron chi connectivity index (χ1n) is 9.25. The molecule has 2 aliphatic rings. The molecule has 9 heteroatoms. The molecule has 1 saturated heterocycles. The smallest absolute Gasteiger partial charge is 0.186 e. The van der Waals surface area contributed by atoms with Crippen LogP contribution in [-0.2, 0) is 6.42 Å². The van der Waals surface area contributed by atoms with Gasteiger partial charge in [0.1, 0.15) is 5.82 Å². The molecular formula is C19H20FN5O2S. The number of nitrogens with one attached hydrogen (secondary N) is 2. The zero-order chi connectivity index (χ0) is 19.3. The first kappa shape index (κ1) is 17.6. The van der Waals surface area contributed by atoms with Crippen molar-refractivity contribution in [1.82, 2.24) is 15.5 Å². The van der Waals surface area contributed by atoms with Crippen molar-refractivity contribution in [3.8, 4) is 11.3 Å². The fraction of sp³-hybridized carbons (Fsp3) is 0.368. The van der Waals surface area contributed by atoms with Crippen molar-refractivity contribution < 1.29 is 14.0 Å². The number of aliphatic hydroxyl groups excluding tert-OH is 1. The molecule has 7 nitrogen and oxygen atoms in total. The number of thiazole rings is 1. The molecule has 1 fully saturated rings. The molecule has 2 bridgehead atoms. The van der Waals surface area contributed by atoms with Crippen LogP contribution in [0.3, 0.4) is 0 Å². The van der Waals surface area contributed by atoms with Gasteiger partial charge in [-0.1, -0.05) is 16.5 Å². The van der Waals surface area contributed by atoms with Crippen LogP contribution in [0.2, 0.25) is 0 Å². The van der Waals surface area contributed by atoms with Crippen LogP contribution < -0.4 is 15.5 Å². The average molecular weight is 401 g/mol. The van der Waals surface area contributed by atoms with Gasteiger partial charge in [-0.3, -0.25) is 5.32 Å². The molecule has 5 rings (SSSR count). The van der Waals surface area contributed by atoms with Gasteiger partial charge < -0.3 is 19.8 Å². The van der Waals surface area contributed by atoms with Crippen molar-refractivity contribution in [2.75, 3.05) is 17.3 Å². The molecule has 4 heterocycles. The van der Waals surface area contributed by atoms with Crippen LogP contribution in [0.5, 0.6) is 0 Å². The van der Waals surface area contributed by atoms with Gasteiger partial charge in [-0.05, 0) is 44.2 Å². The Morgan fingerprint density at radius 3 is 2.93 bits per heavy atom. The zero-order valence-corrected chi connectivity index (χ0v) is 16.0. The van der Waals surface area contributed by atoms with Crippen LogP contribution in [0.4, 0.5) is 15.3 Å². The number of nitrogens with zero attached hydrogens (tertiary/aromatic N) is 3. The molecule has 0 amide bonds. The van der Waals surface area contributed by atoms with E-state index >= 15 is 0 Å². The average Bonchev–Trinajstić information content (AvgIpc) is 3.39. The predicted molar refractivity (Wildman–Crippen MR) is 105 cm³/mol. The maximum absolute atomic E-state index is 13.2. The lowest BCUT2D eigenvalue weighted by Gasteiger charge is -2.33. The molecule has 3 N–H and O–H groups in total. The molecule has 2 aromatic heterocycles. The Labute approximate surface area is 165 Å². The van der Waals surface area contributed by atoms with Gasteiger partial charge >= 0.3 is 0 Å². The van der Waals surface area contributed by atoms with Gasteiger partial charge in [-0.2, -0.15) is 0 Å². The minimum atomic E-state index is -0.824. The van der Waals surface area contributed by atoms with E-state index in [1.807, 2.05) is 6.07 Å². The quantitative estimate of drug-likeness (QED) is 0.566. The topological polar surface area (TPSA) is 86.5 Å². The van der Waals surface area contributed by atoms with E-state index in [0.29, 0.717) is 16.9 Å². The highest BCUT2D eigenvalue weighted by molar-refractivity contribution is 7.15. The number of halogens is 1. The second kappa shape index (κ2) is 6.84. The van der Waals surface area contributed by atoms with Crippen LogP contribution in [0.1, 0.15) is 29.5 Å². The van der Waals surface area contributed by atoms with E-state index in [9.17, 15) is 9.50 Å². The van der Waals surface area contributed by atoms with Crippen molar-refractivity contribution in [3.05, 3.63) is 46.7 Å². The summed E-state index contributed by atoms with van der Waals surface area (Å²) in [4.78, 5) is 8.20. The fourth-order valence-corrected chi connectivity index (χ4v) is 5.22. The Morgan fingerprint density at radius 1 is 1.32 bits per heavy atom. The largest absolute Gasteiger partial charge is 0.361 e. The normalized spacial score (nSPS) is 21.6. The summed E-state index contributed by atoms with van der Waals surface area (Å²) in [5.41, 5.74) is 1.90.